The van der Waals surface area contributed by atoms with Gasteiger partial charge in [0.1, 0.15) is 11.6 Å². The van der Waals surface area contributed by atoms with Crippen LogP contribution in [0.4, 0.5) is 0 Å². The molecule has 1 aliphatic heterocycles. The number of pyridine rings is 1. The summed E-state index contributed by atoms with van der Waals surface area (Å²) in [7, 11) is 0. The molecule has 5 nitrogen and oxygen atoms in total. The molecule has 0 aromatic carbocycles. The number of likely N-dealkylation sites (tertiary alicyclic amines) is 1. The van der Waals surface area contributed by atoms with Gasteiger partial charge in [0.05, 0.1) is 24.3 Å². The Hall–Kier alpha value is -2.40. The average molecular weight is 336 g/mol. The topological polar surface area (TPSA) is 47.1 Å². The third kappa shape index (κ3) is 3.24. The number of hydrogen-bond acceptors (Lipinski definition) is 4. The number of hydrogen-bond donors (Lipinski definition) is 0. The van der Waals surface area contributed by atoms with Crippen LogP contribution in [0, 0.1) is 0 Å². The summed E-state index contributed by atoms with van der Waals surface area (Å²) in [5.41, 5.74) is 2.36. The van der Waals surface area contributed by atoms with Gasteiger partial charge in [-0.15, -0.1) is 0 Å². The van der Waals surface area contributed by atoms with Crippen molar-refractivity contribution in [3.8, 4) is 5.82 Å². The van der Waals surface area contributed by atoms with Crippen LogP contribution in [0.25, 0.3) is 5.82 Å². The van der Waals surface area contributed by atoms with E-state index in [0.717, 1.165) is 36.8 Å². The second kappa shape index (κ2) is 6.84. The van der Waals surface area contributed by atoms with Crippen molar-refractivity contribution in [2.24, 2.45) is 0 Å². The maximum atomic E-state index is 5.22. The molecule has 0 aliphatic carbocycles. The Balaban J connectivity index is 1.61. The van der Waals surface area contributed by atoms with Crippen LogP contribution in [-0.4, -0.2) is 26.0 Å². The van der Waals surface area contributed by atoms with Crippen molar-refractivity contribution in [2.45, 2.75) is 45.2 Å². The highest BCUT2D eigenvalue weighted by atomic mass is 16.3. The smallest absolute Gasteiger partial charge is 0.138 e. The lowest BCUT2D eigenvalue weighted by Crippen LogP contribution is -2.23. The third-order valence-corrected chi connectivity index (χ3v) is 4.86. The fraction of sp³-hybridized carbons (Fsp3) is 0.400. The molecule has 130 valence electrons. The molecule has 1 fully saturated rings. The summed E-state index contributed by atoms with van der Waals surface area (Å²) in [5, 5.41) is 0. The zero-order valence-corrected chi connectivity index (χ0v) is 14.8. The van der Waals surface area contributed by atoms with Crippen LogP contribution >= 0.6 is 0 Å². The summed E-state index contributed by atoms with van der Waals surface area (Å²) in [5.74, 6) is 2.37. The molecule has 0 radical (unpaired) electrons. The first-order valence-corrected chi connectivity index (χ1v) is 8.98. The fourth-order valence-electron chi connectivity index (χ4n) is 3.66. The maximum absolute atomic E-state index is 5.22. The van der Waals surface area contributed by atoms with E-state index in [0.29, 0.717) is 12.0 Å². The summed E-state index contributed by atoms with van der Waals surface area (Å²) in [6, 6.07) is 8.72. The molecule has 4 rings (SSSR count). The minimum absolute atomic E-state index is 0.362. The molecule has 5 heteroatoms. The zero-order valence-electron chi connectivity index (χ0n) is 14.8. The average Bonchev–Trinajstić information content (AvgIpc) is 3.37. The lowest BCUT2D eigenvalue weighted by atomic mass is 10.1. The van der Waals surface area contributed by atoms with Gasteiger partial charge in [-0.05, 0) is 37.6 Å². The standard InChI is InChI=1S/C20H24N4O/c1-15(2)20-21-9-11-24(20)19-7-3-5-17(22-19)18-6-4-10-23(18)13-16-8-12-25-14-16/h3,5,7-9,11-12,14-15,18H,4,6,10,13H2,1-2H3/t18-/m1/s1. The van der Waals surface area contributed by atoms with Crippen LogP contribution in [0.3, 0.4) is 0 Å². The lowest BCUT2D eigenvalue weighted by molar-refractivity contribution is 0.243. The number of furan rings is 1. The van der Waals surface area contributed by atoms with Crippen molar-refractivity contribution in [1.29, 1.82) is 0 Å². The van der Waals surface area contributed by atoms with Crippen molar-refractivity contribution in [3.63, 3.8) is 0 Å². The molecule has 0 bridgehead atoms. The molecule has 4 heterocycles. The van der Waals surface area contributed by atoms with E-state index in [-0.39, 0.29) is 0 Å². The number of rotatable bonds is 5. The van der Waals surface area contributed by atoms with Gasteiger partial charge in [-0.1, -0.05) is 19.9 Å². The molecule has 1 atom stereocenters. The molecule has 1 saturated heterocycles. The molecule has 0 saturated carbocycles. The van der Waals surface area contributed by atoms with Crippen molar-refractivity contribution in [2.75, 3.05) is 6.54 Å². The summed E-state index contributed by atoms with van der Waals surface area (Å²) < 4.78 is 7.32. The monoisotopic (exact) mass is 336 g/mol. The van der Waals surface area contributed by atoms with Crippen LogP contribution in [0.15, 0.2) is 53.6 Å². The van der Waals surface area contributed by atoms with E-state index in [4.69, 9.17) is 9.40 Å². The first kappa shape index (κ1) is 16.1. The quantitative estimate of drug-likeness (QED) is 0.696. The number of nitrogens with zero attached hydrogens (tertiary/aromatic N) is 4. The Labute approximate surface area is 148 Å². The van der Waals surface area contributed by atoms with Gasteiger partial charge < -0.3 is 4.42 Å². The molecule has 3 aromatic rings. The van der Waals surface area contributed by atoms with Crippen LogP contribution in [0.5, 0.6) is 0 Å². The molecular weight excluding hydrogens is 312 g/mol. The SMILES string of the molecule is CC(C)c1nccn1-c1cccc([C@H]2CCCN2Cc2ccoc2)n1. The minimum atomic E-state index is 0.362. The van der Waals surface area contributed by atoms with Crippen molar-refractivity contribution >= 4 is 0 Å². The lowest BCUT2D eigenvalue weighted by Gasteiger charge is -2.24. The van der Waals surface area contributed by atoms with Gasteiger partial charge in [-0.2, -0.15) is 0 Å². The van der Waals surface area contributed by atoms with Crippen LogP contribution in [-0.2, 0) is 6.54 Å². The van der Waals surface area contributed by atoms with E-state index < -0.39 is 0 Å². The highest BCUT2D eigenvalue weighted by Gasteiger charge is 2.27. The molecule has 0 spiro atoms. The molecule has 1 aliphatic rings. The second-order valence-electron chi connectivity index (χ2n) is 6.99. The van der Waals surface area contributed by atoms with Crippen LogP contribution in [0.2, 0.25) is 0 Å². The molecule has 0 N–H and O–H groups in total. The number of imidazole rings is 1. The van der Waals surface area contributed by atoms with E-state index in [1.165, 1.54) is 12.0 Å². The molecule has 0 unspecified atom stereocenters. The van der Waals surface area contributed by atoms with E-state index in [9.17, 15) is 0 Å². The molecule has 0 amide bonds. The normalized spacial score (nSPS) is 18.3. The predicted molar refractivity (Wildman–Crippen MR) is 96.5 cm³/mol. The molecule has 3 aromatic heterocycles. The Morgan fingerprint density at radius 2 is 2.20 bits per heavy atom. The van der Waals surface area contributed by atoms with E-state index in [1.54, 1.807) is 6.26 Å². The Bertz CT molecular complexity index is 822. The first-order valence-electron chi connectivity index (χ1n) is 8.98. The van der Waals surface area contributed by atoms with E-state index in [1.807, 2.05) is 24.7 Å². The highest BCUT2D eigenvalue weighted by Crippen LogP contribution is 2.32. The van der Waals surface area contributed by atoms with Gasteiger partial charge >= 0.3 is 0 Å². The van der Waals surface area contributed by atoms with Gasteiger partial charge in [0.2, 0.25) is 0 Å². The Kier molecular flexibility index (Phi) is 4.40. The van der Waals surface area contributed by atoms with Gasteiger partial charge in [0.25, 0.3) is 0 Å². The van der Waals surface area contributed by atoms with Gasteiger partial charge in [0.15, 0.2) is 0 Å². The Morgan fingerprint density at radius 3 is 3.00 bits per heavy atom. The fourth-order valence-corrected chi connectivity index (χ4v) is 3.66. The first-order chi connectivity index (χ1) is 12.2. The van der Waals surface area contributed by atoms with Crippen LogP contribution in [0.1, 0.15) is 55.7 Å². The van der Waals surface area contributed by atoms with Gasteiger partial charge in [0, 0.05) is 30.4 Å². The van der Waals surface area contributed by atoms with Gasteiger partial charge in [-0.3, -0.25) is 9.47 Å². The zero-order chi connectivity index (χ0) is 17.2. The van der Waals surface area contributed by atoms with Crippen LogP contribution < -0.4 is 0 Å². The third-order valence-electron chi connectivity index (χ3n) is 4.86. The summed E-state index contributed by atoms with van der Waals surface area (Å²) in [4.78, 5) is 12.0. The minimum Gasteiger partial charge on any atom is -0.472 e. The maximum Gasteiger partial charge on any atom is 0.138 e. The van der Waals surface area contributed by atoms with Crippen molar-refractivity contribution < 1.29 is 4.42 Å². The largest absolute Gasteiger partial charge is 0.472 e. The summed E-state index contributed by atoms with van der Waals surface area (Å²) >= 11 is 0. The number of aromatic nitrogens is 3. The van der Waals surface area contributed by atoms with Gasteiger partial charge in [-0.25, -0.2) is 9.97 Å². The highest BCUT2D eigenvalue weighted by molar-refractivity contribution is 5.29. The second-order valence-corrected chi connectivity index (χ2v) is 6.99. The van der Waals surface area contributed by atoms with E-state index in [2.05, 4.69) is 46.5 Å². The summed E-state index contributed by atoms with van der Waals surface area (Å²) in [6.45, 7) is 6.33. The molecule has 25 heavy (non-hydrogen) atoms. The summed E-state index contributed by atoms with van der Waals surface area (Å²) in [6.07, 6.45) is 9.78. The van der Waals surface area contributed by atoms with E-state index >= 15 is 0 Å². The van der Waals surface area contributed by atoms with Crippen molar-refractivity contribution in [3.05, 3.63) is 66.3 Å². The molecular formula is C20H24N4O. The predicted octanol–water partition coefficient (Wildman–Crippen LogP) is 4.32. The Morgan fingerprint density at radius 1 is 1.28 bits per heavy atom. The van der Waals surface area contributed by atoms with Crippen molar-refractivity contribution in [1.82, 2.24) is 19.4 Å².